The Balaban J connectivity index is 2.18. The van der Waals surface area contributed by atoms with Gasteiger partial charge in [0.05, 0.1) is 25.2 Å². The molecule has 0 saturated heterocycles. The Hall–Kier alpha value is -1.42. The van der Waals surface area contributed by atoms with Gasteiger partial charge in [-0.3, -0.25) is 4.79 Å². The van der Waals surface area contributed by atoms with Crippen LogP contribution in [0.2, 0.25) is 0 Å². The molecule has 0 fully saturated rings. The number of aliphatic hydroxyl groups excluding tert-OH is 1. The molecule has 0 aromatic carbocycles. The van der Waals surface area contributed by atoms with E-state index in [1.54, 1.807) is 18.4 Å². The van der Waals surface area contributed by atoms with Crippen molar-refractivity contribution in [3.8, 4) is 0 Å². The van der Waals surface area contributed by atoms with E-state index in [9.17, 15) is 18.3 Å². The number of carboxylic acids is 1. The molecule has 1 rings (SSSR count). The van der Waals surface area contributed by atoms with Crippen LogP contribution in [0, 0.1) is 0 Å². The predicted octanol–water partition coefficient (Wildman–Crippen LogP) is 2.23. The van der Waals surface area contributed by atoms with Gasteiger partial charge in [-0.15, -0.1) is 0 Å². The highest BCUT2D eigenvalue weighted by Gasteiger charge is 2.16. The van der Waals surface area contributed by atoms with Crippen LogP contribution >= 0.6 is 0 Å². The van der Waals surface area contributed by atoms with Crippen molar-refractivity contribution in [2.24, 2.45) is 0 Å². The molecule has 2 N–H and O–H groups in total. The molecule has 0 aliphatic heterocycles. The number of aliphatic hydroxyl groups is 1. The van der Waals surface area contributed by atoms with E-state index in [2.05, 4.69) is 0 Å². The van der Waals surface area contributed by atoms with E-state index >= 15 is 0 Å². The molecule has 0 bridgehead atoms. The average molecular weight is 406 g/mol. The predicted molar refractivity (Wildman–Crippen MR) is 101 cm³/mol. The molecule has 27 heavy (non-hydrogen) atoms. The topological polar surface area (TPSA) is 117 Å². The standard InChI is InChI=1S/C18H31NO7S/c1-27(23,24)19(11-5-3-2-4-10-18(21)22)12-6-8-16(20)14-25-15-17-9-7-13-26-17/h7,9,13,16,20H,2-6,8,10-12,14-15H2,1H3,(H,21,22). The first-order valence-corrected chi connectivity index (χ1v) is 11.1. The van der Waals surface area contributed by atoms with Gasteiger partial charge >= 0.3 is 5.97 Å². The normalized spacial score (nSPS) is 13.1. The lowest BCUT2D eigenvalue weighted by atomic mass is 10.1. The Bertz CT molecular complexity index is 616. The molecule has 1 aromatic heterocycles. The third-order valence-corrected chi connectivity index (χ3v) is 5.40. The molecule has 156 valence electrons. The zero-order valence-electron chi connectivity index (χ0n) is 15.9. The summed E-state index contributed by atoms with van der Waals surface area (Å²) in [5.41, 5.74) is 0. The summed E-state index contributed by atoms with van der Waals surface area (Å²) < 4.78 is 35.7. The van der Waals surface area contributed by atoms with Gasteiger partial charge in [0.15, 0.2) is 0 Å². The van der Waals surface area contributed by atoms with Crippen molar-refractivity contribution in [2.75, 3.05) is 26.0 Å². The molecule has 1 atom stereocenters. The third kappa shape index (κ3) is 11.8. The molecule has 1 heterocycles. The number of hydrogen-bond donors (Lipinski definition) is 2. The monoisotopic (exact) mass is 405 g/mol. The molecule has 9 heteroatoms. The van der Waals surface area contributed by atoms with Crippen LogP contribution in [-0.4, -0.2) is 61.0 Å². The number of nitrogens with zero attached hydrogens (tertiary/aromatic N) is 1. The van der Waals surface area contributed by atoms with Crippen molar-refractivity contribution < 1.29 is 32.6 Å². The Morgan fingerprint density at radius 3 is 2.56 bits per heavy atom. The molecule has 0 aliphatic rings. The van der Waals surface area contributed by atoms with Crippen LogP contribution in [-0.2, 0) is 26.2 Å². The van der Waals surface area contributed by atoms with Gasteiger partial charge in [-0.25, -0.2) is 12.7 Å². The highest BCUT2D eigenvalue weighted by atomic mass is 32.2. The molecule has 0 saturated carbocycles. The fourth-order valence-corrected chi connectivity index (χ4v) is 3.56. The molecule has 0 radical (unpaired) electrons. The van der Waals surface area contributed by atoms with Crippen LogP contribution in [0.3, 0.4) is 0 Å². The van der Waals surface area contributed by atoms with Crippen LogP contribution < -0.4 is 0 Å². The van der Waals surface area contributed by atoms with Gasteiger partial charge in [0.1, 0.15) is 12.4 Å². The Kier molecular flexibility index (Phi) is 11.3. The van der Waals surface area contributed by atoms with Crippen LogP contribution in [0.15, 0.2) is 22.8 Å². The molecule has 0 spiro atoms. The zero-order valence-corrected chi connectivity index (χ0v) is 16.7. The van der Waals surface area contributed by atoms with E-state index in [1.165, 1.54) is 10.6 Å². The van der Waals surface area contributed by atoms with Crippen molar-refractivity contribution in [2.45, 2.75) is 57.7 Å². The molecule has 1 unspecified atom stereocenters. The summed E-state index contributed by atoms with van der Waals surface area (Å²) in [5, 5.41) is 18.5. The summed E-state index contributed by atoms with van der Waals surface area (Å²) in [6.07, 6.45) is 6.09. The highest BCUT2D eigenvalue weighted by molar-refractivity contribution is 7.88. The van der Waals surface area contributed by atoms with Crippen LogP contribution in [0.4, 0.5) is 0 Å². The Morgan fingerprint density at radius 1 is 1.22 bits per heavy atom. The van der Waals surface area contributed by atoms with Crippen molar-refractivity contribution in [3.63, 3.8) is 0 Å². The lowest BCUT2D eigenvalue weighted by molar-refractivity contribution is -0.137. The molecular formula is C18H31NO7S. The molecule has 8 nitrogen and oxygen atoms in total. The summed E-state index contributed by atoms with van der Waals surface area (Å²) >= 11 is 0. The molecule has 0 amide bonds. The number of carboxylic acid groups (broad SMARTS) is 1. The Morgan fingerprint density at radius 2 is 1.93 bits per heavy atom. The highest BCUT2D eigenvalue weighted by Crippen LogP contribution is 2.10. The van der Waals surface area contributed by atoms with Gasteiger partial charge in [0.25, 0.3) is 0 Å². The van der Waals surface area contributed by atoms with Crippen LogP contribution in [0.25, 0.3) is 0 Å². The van der Waals surface area contributed by atoms with E-state index in [1.807, 2.05) is 0 Å². The fraction of sp³-hybridized carbons (Fsp3) is 0.722. The number of hydrogen-bond acceptors (Lipinski definition) is 6. The number of sulfonamides is 1. The molecule has 0 aliphatic carbocycles. The number of aliphatic carboxylic acids is 1. The summed E-state index contributed by atoms with van der Waals surface area (Å²) in [7, 11) is -3.30. The summed E-state index contributed by atoms with van der Waals surface area (Å²) in [4.78, 5) is 10.4. The summed E-state index contributed by atoms with van der Waals surface area (Å²) in [5.74, 6) is -0.117. The maximum atomic E-state index is 11.9. The van der Waals surface area contributed by atoms with Crippen LogP contribution in [0.1, 0.15) is 50.7 Å². The second-order valence-corrected chi connectivity index (χ2v) is 8.59. The molecular weight excluding hydrogens is 374 g/mol. The zero-order chi connectivity index (χ0) is 20.1. The van der Waals surface area contributed by atoms with Crippen molar-refractivity contribution in [1.82, 2.24) is 4.31 Å². The van der Waals surface area contributed by atoms with Gasteiger partial charge in [-0.2, -0.15) is 0 Å². The lowest BCUT2D eigenvalue weighted by Crippen LogP contribution is -2.32. The Labute approximate surface area is 161 Å². The quantitative estimate of drug-likeness (QED) is 0.405. The van der Waals surface area contributed by atoms with Gasteiger partial charge in [0.2, 0.25) is 10.0 Å². The average Bonchev–Trinajstić information content (AvgIpc) is 3.08. The minimum atomic E-state index is -3.30. The maximum Gasteiger partial charge on any atom is 0.303 e. The minimum absolute atomic E-state index is 0.148. The number of ether oxygens (including phenoxy) is 1. The van der Waals surface area contributed by atoms with E-state index in [-0.39, 0.29) is 13.0 Å². The number of rotatable bonds is 16. The minimum Gasteiger partial charge on any atom is -0.481 e. The first-order chi connectivity index (χ1) is 12.8. The van der Waals surface area contributed by atoms with Gasteiger partial charge in [0, 0.05) is 19.5 Å². The SMILES string of the molecule is CS(=O)(=O)N(CCCCCCC(=O)O)CCCC(O)COCc1ccco1. The fourth-order valence-electron chi connectivity index (χ4n) is 2.64. The van der Waals surface area contributed by atoms with Crippen molar-refractivity contribution >= 4 is 16.0 Å². The van der Waals surface area contributed by atoms with Crippen molar-refractivity contribution in [1.29, 1.82) is 0 Å². The maximum absolute atomic E-state index is 11.9. The second kappa shape index (κ2) is 12.9. The summed E-state index contributed by atoms with van der Waals surface area (Å²) in [6, 6.07) is 3.55. The van der Waals surface area contributed by atoms with Crippen LogP contribution in [0.5, 0.6) is 0 Å². The van der Waals surface area contributed by atoms with Gasteiger partial charge < -0.3 is 19.4 Å². The van der Waals surface area contributed by atoms with E-state index in [0.29, 0.717) is 51.1 Å². The van der Waals surface area contributed by atoms with E-state index < -0.39 is 22.1 Å². The smallest absolute Gasteiger partial charge is 0.303 e. The number of carbonyl (C=O) groups is 1. The number of furan rings is 1. The van der Waals surface area contributed by atoms with Gasteiger partial charge in [-0.05, 0) is 37.8 Å². The van der Waals surface area contributed by atoms with E-state index in [4.69, 9.17) is 14.3 Å². The number of unbranched alkanes of at least 4 members (excludes halogenated alkanes) is 3. The lowest BCUT2D eigenvalue weighted by Gasteiger charge is -2.20. The molecule has 1 aromatic rings. The van der Waals surface area contributed by atoms with Crippen molar-refractivity contribution in [3.05, 3.63) is 24.2 Å². The first-order valence-electron chi connectivity index (χ1n) is 9.24. The van der Waals surface area contributed by atoms with Gasteiger partial charge in [-0.1, -0.05) is 12.8 Å². The summed E-state index contributed by atoms with van der Waals surface area (Å²) in [6.45, 7) is 1.23. The largest absolute Gasteiger partial charge is 0.481 e. The second-order valence-electron chi connectivity index (χ2n) is 6.61. The van der Waals surface area contributed by atoms with E-state index in [0.717, 1.165) is 12.8 Å². The first kappa shape index (κ1) is 23.6. The third-order valence-electron chi connectivity index (χ3n) is 4.10.